The third-order valence-electron chi connectivity index (χ3n) is 4.97. The molecule has 0 spiro atoms. The predicted molar refractivity (Wildman–Crippen MR) is 115 cm³/mol. The number of amides is 2. The van der Waals surface area contributed by atoms with Crippen LogP contribution in [0.1, 0.15) is 63.2 Å². The van der Waals surface area contributed by atoms with E-state index in [2.05, 4.69) is 19.2 Å². The van der Waals surface area contributed by atoms with E-state index in [0.717, 1.165) is 25.7 Å². The summed E-state index contributed by atoms with van der Waals surface area (Å²) in [7, 11) is 1.54. The number of nitrogens with zero attached hydrogens (tertiary/aromatic N) is 1. The maximum atomic E-state index is 13.1. The lowest BCUT2D eigenvalue weighted by Gasteiger charge is -2.33. The Morgan fingerprint density at radius 2 is 2.10 bits per heavy atom. The van der Waals surface area contributed by atoms with E-state index >= 15 is 0 Å². The average Bonchev–Trinajstić information content (AvgIpc) is 2.68. The van der Waals surface area contributed by atoms with Gasteiger partial charge >= 0.3 is 0 Å². The minimum atomic E-state index is -0.117. The number of likely N-dealkylation sites (tertiary alicyclic amines) is 1. The van der Waals surface area contributed by atoms with Crippen molar-refractivity contribution in [3.8, 4) is 11.5 Å². The summed E-state index contributed by atoms with van der Waals surface area (Å²) in [5.74, 6) is 1.36. The highest BCUT2D eigenvalue weighted by atomic mass is 35.5. The second kappa shape index (κ2) is 11.3. The fraction of sp³-hybridized carbons (Fsp3) is 0.636. The van der Waals surface area contributed by atoms with Gasteiger partial charge in [0.25, 0.3) is 5.91 Å². The number of halogens is 1. The first-order chi connectivity index (χ1) is 13.8. The summed E-state index contributed by atoms with van der Waals surface area (Å²) in [6, 6.07) is 3.30. The number of hydrogen-bond acceptors (Lipinski definition) is 4. The van der Waals surface area contributed by atoms with Crippen molar-refractivity contribution < 1.29 is 19.1 Å². The van der Waals surface area contributed by atoms with Gasteiger partial charge in [0.05, 0.1) is 18.7 Å². The van der Waals surface area contributed by atoms with Crippen LogP contribution in [0.2, 0.25) is 5.02 Å². The molecule has 2 rings (SSSR count). The highest BCUT2D eigenvalue weighted by Gasteiger charge is 2.27. The Hall–Kier alpha value is -1.95. The smallest absolute Gasteiger partial charge is 0.254 e. The Kier molecular flexibility index (Phi) is 9.08. The largest absolute Gasteiger partial charge is 0.493 e. The quantitative estimate of drug-likeness (QED) is 0.641. The zero-order chi connectivity index (χ0) is 21.4. The van der Waals surface area contributed by atoms with Gasteiger partial charge in [-0.25, -0.2) is 0 Å². The molecule has 1 atom stereocenters. The molecule has 1 N–H and O–H groups in total. The minimum absolute atomic E-state index is 0.0113. The number of carbonyl (C=O) groups excluding carboxylic acids is 2. The van der Waals surface area contributed by atoms with Crippen LogP contribution >= 0.6 is 11.6 Å². The third kappa shape index (κ3) is 6.81. The van der Waals surface area contributed by atoms with Crippen LogP contribution in [-0.4, -0.2) is 49.6 Å². The van der Waals surface area contributed by atoms with Crippen molar-refractivity contribution in [3.63, 3.8) is 0 Å². The van der Waals surface area contributed by atoms with E-state index in [9.17, 15) is 9.59 Å². The molecule has 29 heavy (non-hydrogen) atoms. The molecule has 1 aliphatic heterocycles. The molecule has 1 aromatic carbocycles. The van der Waals surface area contributed by atoms with Gasteiger partial charge in [0.2, 0.25) is 5.91 Å². The highest BCUT2D eigenvalue weighted by Crippen LogP contribution is 2.37. The number of rotatable bonds is 9. The van der Waals surface area contributed by atoms with Crippen molar-refractivity contribution in [1.29, 1.82) is 0 Å². The van der Waals surface area contributed by atoms with Crippen molar-refractivity contribution in [2.75, 3.05) is 26.8 Å². The molecular weight excluding hydrogens is 392 g/mol. The Morgan fingerprint density at radius 3 is 2.76 bits per heavy atom. The zero-order valence-corrected chi connectivity index (χ0v) is 18.7. The molecule has 2 amide bonds. The van der Waals surface area contributed by atoms with E-state index in [0.29, 0.717) is 54.1 Å². The number of benzene rings is 1. The zero-order valence-electron chi connectivity index (χ0n) is 17.9. The van der Waals surface area contributed by atoms with Gasteiger partial charge in [-0.3, -0.25) is 9.59 Å². The van der Waals surface area contributed by atoms with Crippen LogP contribution in [0.4, 0.5) is 0 Å². The summed E-state index contributed by atoms with van der Waals surface area (Å²) in [5, 5.41) is 3.39. The van der Waals surface area contributed by atoms with Crippen molar-refractivity contribution in [2.24, 2.45) is 5.92 Å². The van der Waals surface area contributed by atoms with Crippen LogP contribution in [0.25, 0.3) is 0 Å². The summed E-state index contributed by atoms with van der Waals surface area (Å²) < 4.78 is 11.2. The molecule has 1 saturated heterocycles. The number of ether oxygens (including phenoxy) is 2. The summed E-state index contributed by atoms with van der Waals surface area (Å²) >= 11 is 6.41. The molecule has 6 nitrogen and oxygen atoms in total. The van der Waals surface area contributed by atoms with Gasteiger partial charge in [-0.1, -0.05) is 32.4 Å². The highest BCUT2D eigenvalue weighted by molar-refractivity contribution is 6.32. The topological polar surface area (TPSA) is 67.9 Å². The first kappa shape index (κ1) is 23.3. The van der Waals surface area contributed by atoms with Crippen LogP contribution in [-0.2, 0) is 4.79 Å². The summed E-state index contributed by atoms with van der Waals surface area (Å²) in [4.78, 5) is 26.7. The van der Waals surface area contributed by atoms with Crippen LogP contribution in [0, 0.1) is 5.92 Å². The van der Waals surface area contributed by atoms with Crippen molar-refractivity contribution in [2.45, 2.75) is 58.9 Å². The van der Waals surface area contributed by atoms with Crippen LogP contribution in [0.15, 0.2) is 12.1 Å². The molecule has 1 unspecified atom stereocenters. The first-order valence-corrected chi connectivity index (χ1v) is 10.8. The third-order valence-corrected chi connectivity index (χ3v) is 5.25. The lowest BCUT2D eigenvalue weighted by Crippen LogP contribution is -2.49. The molecule has 0 bridgehead atoms. The van der Waals surface area contributed by atoms with Gasteiger partial charge in [-0.05, 0) is 43.7 Å². The second-order valence-electron chi connectivity index (χ2n) is 7.93. The number of methoxy groups -OCH3 is 1. The van der Waals surface area contributed by atoms with Gasteiger partial charge < -0.3 is 19.7 Å². The Morgan fingerprint density at radius 1 is 1.34 bits per heavy atom. The summed E-state index contributed by atoms with van der Waals surface area (Å²) in [5.41, 5.74) is 0.462. The molecule has 162 valence electrons. The number of piperidine rings is 1. The molecule has 0 saturated carbocycles. The normalized spacial score (nSPS) is 16.6. The standard InChI is InChI=1S/C22H33ClN2O4/c1-5-7-20(26)24-17-8-6-10-25(14-17)22(27)16-12-18(23)21(19(13-16)28-4)29-11-9-15(2)3/h12-13,15,17H,5-11,14H2,1-4H3,(H,24,26). The molecule has 0 aliphatic carbocycles. The Labute approximate surface area is 178 Å². The van der Waals surface area contributed by atoms with E-state index in [1.807, 2.05) is 6.92 Å². The Balaban J connectivity index is 2.09. The van der Waals surface area contributed by atoms with Gasteiger partial charge in [-0.2, -0.15) is 0 Å². The molecule has 0 aromatic heterocycles. The van der Waals surface area contributed by atoms with Crippen molar-refractivity contribution in [3.05, 3.63) is 22.7 Å². The molecule has 7 heteroatoms. The van der Waals surface area contributed by atoms with Crippen molar-refractivity contribution in [1.82, 2.24) is 10.2 Å². The lowest BCUT2D eigenvalue weighted by atomic mass is 10.0. The summed E-state index contributed by atoms with van der Waals surface area (Å²) in [6.07, 6.45) is 3.95. The van der Waals surface area contributed by atoms with Gasteiger partial charge in [0, 0.05) is 31.1 Å². The van der Waals surface area contributed by atoms with Crippen molar-refractivity contribution >= 4 is 23.4 Å². The molecule has 1 aliphatic rings. The van der Waals surface area contributed by atoms with Crippen LogP contribution < -0.4 is 14.8 Å². The molecule has 0 radical (unpaired) electrons. The molecule has 1 aromatic rings. The van der Waals surface area contributed by atoms with E-state index in [4.69, 9.17) is 21.1 Å². The summed E-state index contributed by atoms with van der Waals surface area (Å²) in [6.45, 7) is 7.92. The van der Waals surface area contributed by atoms with Gasteiger partial charge in [0.1, 0.15) is 0 Å². The Bertz CT molecular complexity index is 708. The van der Waals surface area contributed by atoms with Gasteiger partial charge in [0.15, 0.2) is 11.5 Å². The minimum Gasteiger partial charge on any atom is -0.493 e. The fourth-order valence-electron chi connectivity index (χ4n) is 3.37. The predicted octanol–water partition coefficient (Wildman–Crippen LogP) is 4.29. The SMILES string of the molecule is CCCC(=O)NC1CCCN(C(=O)c2cc(Cl)c(OCCC(C)C)c(OC)c2)C1. The van der Waals surface area contributed by atoms with Gasteiger partial charge in [-0.15, -0.1) is 0 Å². The molecule has 1 heterocycles. The maximum absolute atomic E-state index is 13.1. The lowest BCUT2D eigenvalue weighted by molar-refractivity contribution is -0.122. The monoisotopic (exact) mass is 424 g/mol. The average molecular weight is 425 g/mol. The number of hydrogen-bond donors (Lipinski definition) is 1. The number of carbonyl (C=O) groups is 2. The maximum Gasteiger partial charge on any atom is 0.254 e. The van der Waals surface area contributed by atoms with Crippen LogP contribution in [0.5, 0.6) is 11.5 Å². The molecular formula is C22H33ClN2O4. The second-order valence-corrected chi connectivity index (χ2v) is 8.34. The number of nitrogens with one attached hydrogen (secondary N) is 1. The van der Waals surface area contributed by atoms with E-state index in [1.54, 1.807) is 17.0 Å². The van der Waals surface area contributed by atoms with E-state index in [1.165, 1.54) is 7.11 Å². The molecule has 1 fully saturated rings. The fourth-order valence-corrected chi connectivity index (χ4v) is 3.63. The van der Waals surface area contributed by atoms with E-state index in [-0.39, 0.29) is 17.9 Å². The van der Waals surface area contributed by atoms with E-state index < -0.39 is 0 Å². The van der Waals surface area contributed by atoms with Crippen LogP contribution in [0.3, 0.4) is 0 Å². The first-order valence-electron chi connectivity index (χ1n) is 10.4.